The molecule has 4 heteroatoms. The van der Waals surface area contributed by atoms with Crippen molar-refractivity contribution in [2.45, 2.75) is 38.1 Å². The van der Waals surface area contributed by atoms with Crippen LogP contribution in [-0.2, 0) is 10.2 Å². The molecule has 114 valence electrons. The van der Waals surface area contributed by atoms with Gasteiger partial charge >= 0.3 is 0 Å². The molecular formula is C17H23BrN2O. The van der Waals surface area contributed by atoms with Gasteiger partial charge in [-0.1, -0.05) is 28.1 Å². The molecule has 2 aliphatic rings. The van der Waals surface area contributed by atoms with Crippen molar-refractivity contribution in [1.29, 1.82) is 0 Å². The SMILES string of the molecule is CC(C)(C(=O)N1CC2CCC(N)C2C1)c1ccc(Br)cc1. The Morgan fingerprint density at radius 2 is 1.90 bits per heavy atom. The Bertz CT molecular complexity index is 540. The summed E-state index contributed by atoms with van der Waals surface area (Å²) < 4.78 is 1.04. The summed E-state index contributed by atoms with van der Waals surface area (Å²) in [4.78, 5) is 15.0. The van der Waals surface area contributed by atoms with Crippen LogP contribution < -0.4 is 5.73 Å². The fourth-order valence-electron chi connectivity index (χ4n) is 3.86. The first kappa shape index (κ1) is 15.0. The summed E-state index contributed by atoms with van der Waals surface area (Å²) in [5.41, 5.74) is 6.76. The lowest BCUT2D eigenvalue weighted by atomic mass is 9.83. The lowest BCUT2D eigenvalue weighted by Gasteiger charge is -2.30. The number of amides is 1. The van der Waals surface area contributed by atoms with Gasteiger partial charge in [0.2, 0.25) is 5.91 Å². The zero-order chi connectivity index (χ0) is 15.2. The minimum atomic E-state index is -0.483. The van der Waals surface area contributed by atoms with E-state index in [0.29, 0.717) is 11.8 Å². The van der Waals surface area contributed by atoms with Crippen LogP contribution >= 0.6 is 15.9 Å². The number of hydrogen-bond donors (Lipinski definition) is 1. The third kappa shape index (κ3) is 2.64. The van der Waals surface area contributed by atoms with Crippen LogP contribution in [0, 0.1) is 11.8 Å². The maximum atomic E-state index is 13.0. The van der Waals surface area contributed by atoms with Crippen molar-refractivity contribution in [3.05, 3.63) is 34.3 Å². The van der Waals surface area contributed by atoms with E-state index in [9.17, 15) is 4.79 Å². The minimum Gasteiger partial charge on any atom is -0.341 e. The molecule has 1 aliphatic carbocycles. The number of rotatable bonds is 2. The average Bonchev–Trinajstić information content (AvgIpc) is 3.01. The van der Waals surface area contributed by atoms with Gasteiger partial charge in [-0.25, -0.2) is 0 Å². The Kier molecular flexibility index (Phi) is 3.87. The van der Waals surface area contributed by atoms with Crippen LogP contribution in [0.15, 0.2) is 28.7 Å². The molecule has 0 spiro atoms. The average molecular weight is 351 g/mol. The van der Waals surface area contributed by atoms with E-state index >= 15 is 0 Å². The van der Waals surface area contributed by atoms with E-state index in [0.717, 1.165) is 29.5 Å². The third-order valence-electron chi connectivity index (χ3n) is 5.30. The number of carbonyl (C=O) groups excluding carboxylic acids is 1. The van der Waals surface area contributed by atoms with Gasteiger partial charge in [-0.15, -0.1) is 0 Å². The Labute approximate surface area is 135 Å². The second kappa shape index (κ2) is 5.40. The van der Waals surface area contributed by atoms with Crippen molar-refractivity contribution in [1.82, 2.24) is 4.90 Å². The van der Waals surface area contributed by atoms with Crippen LogP contribution in [0.1, 0.15) is 32.3 Å². The topological polar surface area (TPSA) is 46.3 Å². The monoisotopic (exact) mass is 350 g/mol. The molecule has 1 saturated carbocycles. The van der Waals surface area contributed by atoms with E-state index in [4.69, 9.17) is 5.73 Å². The molecule has 0 radical (unpaired) electrons. The summed E-state index contributed by atoms with van der Waals surface area (Å²) in [6.07, 6.45) is 2.29. The van der Waals surface area contributed by atoms with Gasteiger partial charge in [-0.2, -0.15) is 0 Å². The molecule has 1 aromatic carbocycles. The first-order chi connectivity index (χ1) is 9.89. The van der Waals surface area contributed by atoms with Gasteiger partial charge < -0.3 is 10.6 Å². The third-order valence-corrected chi connectivity index (χ3v) is 5.83. The summed E-state index contributed by atoms with van der Waals surface area (Å²) >= 11 is 3.45. The van der Waals surface area contributed by atoms with Crippen molar-refractivity contribution in [2.75, 3.05) is 13.1 Å². The fourth-order valence-corrected chi connectivity index (χ4v) is 4.12. The molecule has 3 unspecified atom stereocenters. The molecular weight excluding hydrogens is 328 g/mol. The highest BCUT2D eigenvalue weighted by Crippen LogP contribution is 2.39. The Balaban J connectivity index is 1.77. The van der Waals surface area contributed by atoms with Crippen molar-refractivity contribution < 1.29 is 4.79 Å². The number of likely N-dealkylation sites (tertiary alicyclic amines) is 1. The van der Waals surface area contributed by atoms with Crippen molar-refractivity contribution in [3.8, 4) is 0 Å². The molecule has 2 N–H and O–H groups in total. The Morgan fingerprint density at radius 3 is 2.52 bits per heavy atom. The lowest BCUT2D eigenvalue weighted by Crippen LogP contribution is -2.43. The number of hydrogen-bond acceptors (Lipinski definition) is 2. The fraction of sp³-hybridized carbons (Fsp3) is 0.588. The van der Waals surface area contributed by atoms with Gasteiger partial charge in [0.05, 0.1) is 5.41 Å². The highest BCUT2D eigenvalue weighted by Gasteiger charge is 2.45. The van der Waals surface area contributed by atoms with Gasteiger partial charge in [-0.3, -0.25) is 4.79 Å². The first-order valence-electron chi connectivity index (χ1n) is 7.70. The minimum absolute atomic E-state index is 0.228. The number of fused-ring (bicyclic) bond motifs is 1. The zero-order valence-corrected chi connectivity index (χ0v) is 14.3. The van der Waals surface area contributed by atoms with Crippen molar-refractivity contribution >= 4 is 21.8 Å². The van der Waals surface area contributed by atoms with Crippen LogP contribution in [0.3, 0.4) is 0 Å². The van der Waals surface area contributed by atoms with E-state index in [1.165, 1.54) is 6.42 Å². The van der Waals surface area contributed by atoms with Gasteiger partial charge in [-0.05, 0) is 56.2 Å². The van der Waals surface area contributed by atoms with Gasteiger partial charge in [0.25, 0.3) is 0 Å². The second-order valence-corrected chi connectivity index (χ2v) is 7.92. The predicted molar refractivity (Wildman–Crippen MR) is 87.9 cm³/mol. The molecule has 1 aliphatic heterocycles. The first-order valence-corrected chi connectivity index (χ1v) is 8.50. The molecule has 1 amide bonds. The molecule has 21 heavy (non-hydrogen) atoms. The van der Waals surface area contributed by atoms with E-state index < -0.39 is 5.41 Å². The van der Waals surface area contributed by atoms with Crippen LogP contribution in [0.25, 0.3) is 0 Å². The van der Waals surface area contributed by atoms with E-state index in [1.54, 1.807) is 0 Å². The normalized spacial score (nSPS) is 28.8. The number of nitrogens with zero attached hydrogens (tertiary/aromatic N) is 1. The lowest BCUT2D eigenvalue weighted by molar-refractivity contribution is -0.135. The van der Waals surface area contributed by atoms with E-state index in [2.05, 4.69) is 15.9 Å². The summed E-state index contributed by atoms with van der Waals surface area (Å²) in [5, 5.41) is 0. The molecule has 3 atom stereocenters. The van der Waals surface area contributed by atoms with Crippen LogP contribution in [0.4, 0.5) is 0 Å². The Morgan fingerprint density at radius 1 is 1.24 bits per heavy atom. The van der Waals surface area contributed by atoms with Crippen molar-refractivity contribution in [2.24, 2.45) is 17.6 Å². The summed E-state index contributed by atoms with van der Waals surface area (Å²) in [6.45, 7) is 5.76. The molecule has 3 rings (SSSR count). The standard InChI is InChI=1S/C17H23BrN2O/c1-17(2,12-4-6-13(18)7-5-12)16(21)20-9-11-3-8-15(19)14(11)10-20/h4-7,11,14-15H,3,8-10,19H2,1-2H3. The highest BCUT2D eigenvalue weighted by molar-refractivity contribution is 9.10. The number of nitrogens with two attached hydrogens (primary N) is 1. The zero-order valence-electron chi connectivity index (χ0n) is 12.7. The molecule has 0 bridgehead atoms. The van der Waals surface area contributed by atoms with Gasteiger partial charge in [0.1, 0.15) is 0 Å². The number of halogens is 1. The quantitative estimate of drug-likeness (QED) is 0.891. The summed E-state index contributed by atoms with van der Waals surface area (Å²) in [5.74, 6) is 1.35. The molecule has 1 aromatic rings. The van der Waals surface area contributed by atoms with E-state index in [-0.39, 0.29) is 11.9 Å². The largest absolute Gasteiger partial charge is 0.341 e. The van der Waals surface area contributed by atoms with Gasteiger partial charge in [0, 0.05) is 23.6 Å². The summed E-state index contributed by atoms with van der Waals surface area (Å²) in [7, 11) is 0. The van der Waals surface area contributed by atoms with Crippen LogP contribution in [-0.4, -0.2) is 29.9 Å². The molecule has 3 nitrogen and oxygen atoms in total. The van der Waals surface area contributed by atoms with Crippen LogP contribution in [0.5, 0.6) is 0 Å². The maximum absolute atomic E-state index is 13.0. The molecule has 1 heterocycles. The van der Waals surface area contributed by atoms with E-state index in [1.807, 2.05) is 43.0 Å². The predicted octanol–water partition coefficient (Wildman–Crippen LogP) is 2.92. The van der Waals surface area contributed by atoms with Crippen LogP contribution in [0.2, 0.25) is 0 Å². The van der Waals surface area contributed by atoms with Gasteiger partial charge in [0.15, 0.2) is 0 Å². The number of benzene rings is 1. The Hall–Kier alpha value is -0.870. The number of carbonyl (C=O) groups is 1. The molecule has 2 fully saturated rings. The second-order valence-electron chi connectivity index (χ2n) is 7.01. The molecule has 0 aromatic heterocycles. The summed E-state index contributed by atoms with van der Waals surface area (Å²) in [6, 6.07) is 8.34. The smallest absolute Gasteiger partial charge is 0.232 e. The maximum Gasteiger partial charge on any atom is 0.232 e. The van der Waals surface area contributed by atoms with Crippen molar-refractivity contribution in [3.63, 3.8) is 0 Å². The molecule has 1 saturated heterocycles. The highest BCUT2D eigenvalue weighted by atomic mass is 79.9.